The van der Waals surface area contributed by atoms with Crippen molar-refractivity contribution in [2.75, 3.05) is 36.0 Å². The smallest absolute Gasteiger partial charge is 0.143 e. The van der Waals surface area contributed by atoms with E-state index < -0.39 is 5.41 Å². The molecule has 7 rings (SSSR count). The van der Waals surface area contributed by atoms with Crippen LogP contribution in [0.1, 0.15) is 51.3 Å². The molecule has 5 nitrogen and oxygen atoms in total. The van der Waals surface area contributed by atoms with Crippen molar-refractivity contribution in [3.8, 4) is 11.1 Å². The fourth-order valence-corrected chi connectivity index (χ4v) is 7.59. The van der Waals surface area contributed by atoms with Crippen LogP contribution in [-0.2, 0) is 10.2 Å². The van der Waals surface area contributed by atoms with Crippen LogP contribution in [0.5, 0.6) is 0 Å². The number of anilines is 2. The average molecular weight is 555 g/mol. The lowest BCUT2D eigenvalue weighted by Crippen LogP contribution is -2.48. The number of ether oxygens (including phenoxy) is 1. The van der Waals surface area contributed by atoms with Gasteiger partial charge in [0.15, 0.2) is 0 Å². The zero-order chi connectivity index (χ0) is 29.0. The van der Waals surface area contributed by atoms with Crippen molar-refractivity contribution in [1.29, 1.82) is 0 Å². The highest BCUT2D eigenvalue weighted by Crippen LogP contribution is 2.61. The van der Waals surface area contributed by atoms with E-state index in [0.29, 0.717) is 0 Å². The molecule has 0 aromatic heterocycles. The minimum absolute atomic E-state index is 0.257. The van der Waals surface area contributed by atoms with E-state index in [1.165, 1.54) is 50.3 Å². The van der Waals surface area contributed by atoms with Crippen LogP contribution >= 0.6 is 0 Å². The third-order valence-corrected chi connectivity index (χ3v) is 9.69. The van der Waals surface area contributed by atoms with E-state index in [1.807, 2.05) is 6.26 Å². The van der Waals surface area contributed by atoms with Crippen molar-refractivity contribution in [2.24, 2.45) is 10.2 Å². The van der Waals surface area contributed by atoms with Gasteiger partial charge in [0.2, 0.25) is 0 Å². The molecule has 2 aliphatic carbocycles. The molecule has 0 amide bonds. The second kappa shape index (κ2) is 10.2. The summed E-state index contributed by atoms with van der Waals surface area (Å²) < 4.78 is 6.78. The van der Waals surface area contributed by atoms with Gasteiger partial charge in [-0.15, -0.1) is 5.10 Å². The Morgan fingerprint density at radius 3 is 1.95 bits per heavy atom. The highest BCUT2D eigenvalue weighted by Gasteiger charge is 2.57. The average Bonchev–Trinajstić information content (AvgIpc) is 3.62. The largest absolute Gasteiger partial charge is 0.491 e. The second-order valence-corrected chi connectivity index (χ2v) is 11.4. The van der Waals surface area contributed by atoms with Crippen molar-refractivity contribution in [3.05, 3.63) is 112 Å². The maximum atomic E-state index is 6.78. The number of hydrogen-bond donors (Lipinski definition) is 0. The van der Waals surface area contributed by atoms with Crippen molar-refractivity contribution in [2.45, 2.75) is 46.1 Å². The third-order valence-electron chi connectivity index (χ3n) is 9.69. The second-order valence-electron chi connectivity index (χ2n) is 11.4. The Kier molecular flexibility index (Phi) is 6.41. The van der Waals surface area contributed by atoms with Crippen molar-refractivity contribution < 1.29 is 4.74 Å². The number of allylic oxidation sites excluding steroid dienone is 3. The fourth-order valence-electron chi connectivity index (χ4n) is 7.59. The summed E-state index contributed by atoms with van der Waals surface area (Å²) in [5, 5.41) is 8.90. The maximum Gasteiger partial charge on any atom is 0.143 e. The Balaban J connectivity index is 1.56. The van der Waals surface area contributed by atoms with Crippen molar-refractivity contribution >= 4 is 28.9 Å². The van der Waals surface area contributed by atoms with Gasteiger partial charge >= 0.3 is 0 Å². The monoisotopic (exact) mass is 554 g/mol. The first-order chi connectivity index (χ1) is 20.6. The van der Waals surface area contributed by atoms with Gasteiger partial charge in [0.05, 0.1) is 23.5 Å². The van der Waals surface area contributed by atoms with Gasteiger partial charge in [-0.25, -0.2) is 0 Å². The molecule has 0 saturated carbocycles. The molecule has 0 fully saturated rings. The van der Waals surface area contributed by atoms with E-state index in [2.05, 4.69) is 127 Å². The minimum Gasteiger partial charge on any atom is -0.491 e. The Morgan fingerprint density at radius 2 is 1.38 bits per heavy atom. The van der Waals surface area contributed by atoms with Gasteiger partial charge in [-0.05, 0) is 104 Å². The fraction of sp³-hybridized carbons (Fsp3) is 0.297. The summed E-state index contributed by atoms with van der Waals surface area (Å²) in [7, 11) is 0. The van der Waals surface area contributed by atoms with E-state index >= 15 is 0 Å². The van der Waals surface area contributed by atoms with Crippen LogP contribution in [-0.4, -0.2) is 44.2 Å². The molecule has 42 heavy (non-hydrogen) atoms. The predicted molar refractivity (Wildman–Crippen MR) is 176 cm³/mol. The molecule has 212 valence electrons. The predicted octanol–water partition coefficient (Wildman–Crippen LogP) is 7.78. The molecule has 2 heterocycles. The molecule has 2 aliphatic heterocycles. The van der Waals surface area contributed by atoms with Gasteiger partial charge in [-0.2, -0.15) is 5.10 Å². The van der Waals surface area contributed by atoms with Crippen LogP contribution < -0.4 is 9.80 Å². The van der Waals surface area contributed by atoms with Gasteiger partial charge in [0.1, 0.15) is 11.8 Å². The Bertz CT molecular complexity index is 1660. The summed E-state index contributed by atoms with van der Waals surface area (Å²) in [6, 6.07) is 24.9. The quantitative estimate of drug-likeness (QED) is 0.299. The summed E-state index contributed by atoms with van der Waals surface area (Å²) >= 11 is 0. The molecule has 0 saturated heterocycles. The highest BCUT2D eigenvalue weighted by atomic mass is 16.5. The number of hydrogen-bond acceptors (Lipinski definition) is 5. The topological polar surface area (TPSA) is 40.4 Å². The molecular weight excluding hydrogens is 516 g/mol. The number of benzene rings is 3. The highest BCUT2D eigenvalue weighted by molar-refractivity contribution is 6.27. The van der Waals surface area contributed by atoms with E-state index in [1.54, 1.807) is 6.21 Å². The van der Waals surface area contributed by atoms with Crippen LogP contribution in [0.2, 0.25) is 0 Å². The standard InChI is InChI=1S/C37H38N4O/c1-6-40(7-2)27-15-17-33-30(19-27)31-20-28(41(8-3)9-4)16-18-34(31)37(33)24(5)29(25-13-11-10-12-14-25)21-32-35-26(22-38-39-35)23-42-36(32)37/h10-23,36H,6-9H2,1-5H3. The van der Waals surface area contributed by atoms with Gasteiger partial charge in [0, 0.05) is 43.1 Å². The van der Waals surface area contributed by atoms with Crippen LogP contribution in [0.25, 0.3) is 16.7 Å². The van der Waals surface area contributed by atoms with Crippen LogP contribution in [0.4, 0.5) is 11.4 Å². The lowest BCUT2D eigenvalue weighted by Gasteiger charge is -2.46. The molecule has 1 spiro atoms. The molecule has 1 unspecified atom stereocenters. The summed E-state index contributed by atoms with van der Waals surface area (Å²) in [5.74, 6) is 0. The van der Waals surface area contributed by atoms with Crippen molar-refractivity contribution in [3.63, 3.8) is 0 Å². The van der Waals surface area contributed by atoms with Gasteiger partial charge < -0.3 is 14.5 Å². The first kappa shape index (κ1) is 26.5. The lowest BCUT2D eigenvalue weighted by molar-refractivity contribution is 0.128. The molecule has 5 heteroatoms. The van der Waals surface area contributed by atoms with Gasteiger partial charge in [-0.3, -0.25) is 0 Å². The molecule has 0 bridgehead atoms. The van der Waals surface area contributed by atoms with Crippen LogP contribution in [0.15, 0.2) is 106 Å². The van der Waals surface area contributed by atoms with E-state index in [-0.39, 0.29) is 6.10 Å². The molecule has 4 aliphatic rings. The zero-order valence-electron chi connectivity index (χ0n) is 25.2. The summed E-state index contributed by atoms with van der Waals surface area (Å²) in [5.41, 5.74) is 13.8. The summed E-state index contributed by atoms with van der Waals surface area (Å²) in [6.07, 6.45) is 5.71. The summed E-state index contributed by atoms with van der Waals surface area (Å²) in [6.45, 7) is 15.1. The third kappa shape index (κ3) is 3.62. The molecule has 3 aromatic carbocycles. The molecular formula is C37H38N4O. The van der Waals surface area contributed by atoms with E-state index in [4.69, 9.17) is 4.74 Å². The maximum absolute atomic E-state index is 6.78. The first-order valence-electron chi connectivity index (χ1n) is 15.3. The summed E-state index contributed by atoms with van der Waals surface area (Å²) in [4.78, 5) is 4.86. The van der Waals surface area contributed by atoms with E-state index in [9.17, 15) is 0 Å². The Labute approximate surface area is 249 Å². The van der Waals surface area contributed by atoms with Crippen molar-refractivity contribution in [1.82, 2.24) is 0 Å². The molecule has 3 aromatic rings. The number of rotatable bonds is 7. The van der Waals surface area contributed by atoms with Gasteiger partial charge in [0.25, 0.3) is 0 Å². The molecule has 1 atom stereocenters. The minimum atomic E-state index is -0.517. The first-order valence-corrected chi connectivity index (χ1v) is 15.3. The molecule has 0 N–H and O–H groups in total. The lowest BCUT2D eigenvalue weighted by atomic mass is 9.61. The van der Waals surface area contributed by atoms with E-state index in [0.717, 1.165) is 43.0 Å². The number of nitrogens with zero attached hydrogens (tertiary/aromatic N) is 4. The Hall–Kier alpha value is -4.38. The SMILES string of the molecule is CCN(CC)c1ccc2c(c1)-c1cc(N(CC)CC)ccc1C21C(C)=C(c2ccccc2)C=C2C3=NN=CC3=COC21. The number of fused-ring (bicyclic) bond motifs is 9. The van der Waals surface area contributed by atoms with Gasteiger partial charge in [-0.1, -0.05) is 42.5 Å². The normalized spacial score (nSPS) is 18.9. The van der Waals surface area contributed by atoms with Crippen LogP contribution in [0, 0.1) is 0 Å². The van der Waals surface area contributed by atoms with Crippen LogP contribution in [0.3, 0.4) is 0 Å². The zero-order valence-corrected chi connectivity index (χ0v) is 25.2. The Morgan fingerprint density at radius 1 is 0.786 bits per heavy atom. The molecule has 0 radical (unpaired) electrons.